The van der Waals surface area contributed by atoms with E-state index in [-0.39, 0.29) is 5.82 Å². The number of aromatic nitrogens is 3. The van der Waals surface area contributed by atoms with Gasteiger partial charge in [0.05, 0.1) is 12.6 Å². The van der Waals surface area contributed by atoms with Crippen molar-refractivity contribution in [1.82, 2.24) is 20.1 Å². The molecular weight excluding hydrogens is 192 g/mol. The molecule has 0 radical (unpaired) electrons. The molecule has 0 aromatic carbocycles. The van der Waals surface area contributed by atoms with E-state index >= 15 is 0 Å². The highest BCUT2D eigenvalue weighted by Gasteiger charge is 2.23. The smallest absolute Gasteiger partial charge is 0.252 e. The highest BCUT2D eigenvalue weighted by Crippen LogP contribution is 2.05. The molecule has 15 heavy (non-hydrogen) atoms. The molecule has 78 valence electrons. The third-order valence-corrected chi connectivity index (χ3v) is 1.93. The van der Waals surface area contributed by atoms with Gasteiger partial charge in [-0.3, -0.25) is 5.32 Å². The number of rotatable bonds is 4. The van der Waals surface area contributed by atoms with Gasteiger partial charge in [-0.2, -0.15) is 10.5 Å². The SMILES string of the molecule is CCNC(C)(C#N)Cn1cnc(C#N)n1. The summed E-state index contributed by atoms with van der Waals surface area (Å²) in [6.45, 7) is 4.78. The van der Waals surface area contributed by atoms with Gasteiger partial charge in [-0.25, -0.2) is 9.67 Å². The second-order valence-corrected chi connectivity index (χ2v) is 3.35. The Morgan fingerprint density at radius 1 is 1.60 bits per heavy atom. The van der Waals surface area contributed by atoms with Crippen LogP contribution < -0.4 is 5.32 Å². The van der Waals surface area contributed by atoms with Crippen LogP contribution in [0.3, 0.4) is 0 Å². The van der Waals surface area contributed by atoms with Gasteiger partial charge < -0.3 is 0 Å². The topological polar surface area (TPSA) is 90.3 Å². The maximum atomic E-state index is 9.00. The normalized spacial score (nSPS) is 13.9. The Kier molecular flexibility index (Phi) is 3.37. The minimum Gasteiger partial charge on any atom is -0.298 e. The summed E-state index contributed by atoms with van der Waals surface area (Å²) in [5.41, 5.74) is -0.685. The molecule has 1 aromatic rings. The molecule has 0 aliphatic carbocycles. The van der Waals surface area contributed by atoms with Crippen LogP contribution in [0.5, 0.6) is 0 Å². The van der Waals surface area contributed by atoms with E-state index in [1.807, 2.05) is 13.0 Å². The molecule has 1 heterocycles. The maximum absolute atomic E-state index is 9.00. The molecule has 0 spiro atoms. The summed E-state index contributed by atoms with van der Waals surface area (Å²) in [6, 6.07) is 4.01. The first-order valence-electron chi connectivity index (χ1n) is 4.59. The van der Waals surface area contributed by atoms with Crippen LogP contribution in [0.1, 0.15) is 19.7 Å². The predicted octanol–water partition coefficient (Wildman–Crippen LogP) is 0.0416. The molecule has 0 aliphatic rings. The van der Waals surface area contributed by atoms with Gasteiger partial charge in [0, 0.05) is 0 Å². The molecule has 0 bridgehead atoms. The van der Waals surface area contributed by atoms with Crippen LogP contribution in [0.25, 0.3) is 0 Å². The number of likely N-dealkylation sites (N-methyl/N-ethyl adjacent to an activating group) is 1. The highest BCUT2D eigenvalue weighted by atomic mass is 15.3. The Balaban J connectivity index is 2.76. The molecule has 1 aromatic heterocycles. The molecule has 6 heteroatoms. The minimum atomic E-state index is -0.685. The fourth-order valence-electron chi connectivity index (χ4n) is 1.27. The van der Waals surface area contributed by atoms with Crippen molar-refractivity contribution in [3.05, 3.63) is 12.2 Å². The van der Waals surface area contributed by atoms with Gasteiger partial charge in [0.15, 0.2) is 0 Å². The summed E-state index contributed by atoms with van der Waals surface area (Å²) in [6.07, 6.45) is 1.45. The number of hydrogen-bond donors (Lipinski definition) is 1. The van der Waals surface area contributed by atoms with Crippen LogP contribution in [0.4, 0.5) is 0 Å². The molecular formula is C9H12N6. The summed E-state index contributed by atoms with van der Waals surface area (Å²) in [4.78, 5) is 3.77. The van der Waals surface area contributed by atoms with E-state index in [2.05, 4.69) is 21.5 Å². The molecule has 0 saturated heterocycles. The van der Waals surface area contributed by atoms with E-state index in [0.717, 1.165) is 0 Å². The molecule has 1 N–H and O–H groups in total. The number of nitrogens with one attached hydrogen (secondary N) is 1. The van der Waals surface area contributed by atoms with Crippen molar-refractivity contribution in [2.24, 2.45) is 0 Å². The maximum Gasteiger partial charge on any atom is 0.252 e. The molecule has 0 amide bonds. The van der Waals surface area contributed by atoms with Crippen molar-refractivity contribution in [2.45, 2.75) is 25.9 Å². The lowest BCUT2D eigenvalue weighted by Gasteiger charge is -2.21. The Bertz CT molecular complexity index is 409. The monoisotopic (exact) mass is 204 g/mol. The average molecular weight is 204 g/mol. The Hall–Kier alpha value is -1.92. The summed E-state index contributed by atoms with van der Waals surface area (Å²) in [7, 11) is 0. The van der Waals surface area contributed by atoms with Gasteiger partial charge in [-0.05, 0) is 13.5 Å². The van der Waals surface area contributed by atoms with E-state index < -0.39 is 5.54 Å². The third kappa shape index (κ3) is 2.76. The van der Waals surface area contributed by atoms with Crippen molar-refractivity contribution < 1.29 is 0 Å². The van der Waals surface area contributed by atoms with Crippen LogP contribution in [-0.4, -0.2) is 26.8 Å². The van der Waals surface area contributed by atoms with E-state index in [4.69, 9.17) is 10.5 Å². The summed E-state index contributed by atoms with van der Waals surface area (Å²) >= 11 is 0. The predicted molar refractivity (Wildman–Crippen MR) is 52.4 cm³/mol. The molecule has 1 rings (SSSR count). The van der Waals surface area contributed by atoms with Gasteiger partial charge in [-0.1, -0.05) is 6.92 Å². The zero-order valence-electron chi connectivity index (χ0n) is 8.73. The number of hydrogen-bond acceptors (Lipinski definition) is 5. The standard InChI is InChI=1S/C9H12N6/c1-3-13-9(2,5-11)6-15-7-12-8(4-10)14-15/h7,13H,3,6H2,1-2H3. The van der Waals surface area contributed by atoms with Gasteiger partial charge in [0.1, 0.15) is 17.9 Å². The lowest BCUT2D eigenvalue weighted by Crippen LogP contribution is -2.44. The van der Waals surface area contributed by atoms with Gasteiger partial charge >= 0.3 is 0 Å². The lowest BCUT2D eigenvalue weighted by atomic mass is 10.1. The van der Waals surface area contributed by atoms with Crippen molar-refractivity contribution >= 4 is 0 Å². The molecule has 1 atom stereocenters. The number of nitrogens with zero attached hydrogens (tertiary/aromatic N) is 5. The first-order valence-corrected chi connectivity index (χ1v) is 4.59. The second-order valence-electron chi connectivity index (χ2n) is 3.35. The Morgan fingerprint density at radius 3 is 2.80 bits per heavy atom. The first-order chi connectivity index (χ1) is 7.13. The summed E-state index contributed by atoms with van der Waals surface area (Å²) in [5.74, 6) is 0.117. The third-order valence-electron chi connectivity index (χ3n) is 1.93. The van der Waals surface area contributed by atoms with Gasteiger partial charge in [0.2, 0.25) is 0 Å². The van der Waals surface area contributed by atoms with E-state index in [1.54, 1.807) is 6.92 Å². The van der Waals surface area contributed by atoms with Crippen LogP contribution in [0, 0.1) is 22.7 Å². The summed E-state index contributed by atoms with van der Waals surface area (Å²) in [5, 5.41) is 24.5. The molecule has 0 fully saturated rings. The van der Waals surface area contributed by atoms with E-state index in [0.29, 0.717) is 13.1 Å². The average Bonchev–Trinajstić information content (AvgIpc) is 2.66. The largest absolute Gasteiger partial charge is 0.298 e. The van der Waals surface area contributed by atoms with Crippen LogP contribution in [0.15, 0.2) is 6.33 Å². The molecule has 6 nitrogen and oxygen atoms in total. The van der Waals surface area contributed by atoms with Gasteiger partial charge in [0.25, 0.3) is 5.82 Å². The zero-order chi connectivity index (χ0) is 11.3. The second kappa shape index (κ2) is 4.54. The minimum absolute atomic E-state index is 0.117. The van der Waals surface area contributed by atoms with Crippen molar-refractivity contribution in [3.8, 4) is 12.1 Å². The van der Waals surface area contributed by atoms with Crippen molar-refractivity contribution in [2.75, 3.05) is 6.54 Å². The molecule has 0 saturated carbocycles. The first kappa shape index (κ1) is 11.2. The Morgan fingerprint density at radius 2 is 2.33 bits per heavy atom. The highest BCUT2D eigenvalue weighted by molar-refractivity contribution is 5.07. The van der Waals surface area contributed by atoms with Crippen LogP contribution in [-0.2, 0) is 6.54 Å². The lowest BCUT2D eigenvalue weighted by molar-refractivity contribution is 0.377. The van der Waals surface area contributed by atoms with Crippen LogP contribution >= 0.6 is 0 Å². The zero-order valence-corrected chi connectivity index (χ0v) is 8.73. The Labute approximate surface area is 88.1 Å². The fourth-order valence-corrected chi connectivity index (χ4v) is 1.27. The van der Waals surface area contributed by atoms with Gasteiger partial charge in [-0.15, -0.1) is 5.10 Å². The quantitative estimate of drug-likeness (QED) is 0.747. The fraction of sp³-hybridized carbons (Fsp3) is 0.556. The van der Waals surface area contributed by atoms with Crippen molar-refractivity contribution in [1.29, 1.82) is 10.5 Å². The summed E-state index contributed by atoms with van der Waals surface area (Å²) < 4.78 is 1.49. The number of nitriles is 2. The van der Waals surface area contributed by atoms with Crippen molar-refractivity contribution in [3.63, 3.8) is 0 Å². The molecule has 1 unspecified atom stereocenters. The van der Waals surface area contributed by atoms with E-state index in [1.165, 1.54) is 11.0 Å². The van der Waals surface area contributed by atoms with E-state index in [9.17, 15) is 0 Å². The molecule has 0 aliphatic heterocycles. The van der Waals surface area contributed by atoms with Crippen LogP contribution in [0.2, 0.25) is 0 Å².